The zero-order chi connectivity index (χ0) is 27.9. The second-order valence-corrected chi connectivity index (χ2v) is 11.7. The SMILES string of the molecule is CC1=CC(C)(C)N(C)c2cc(Cl)c([C@@H]3[C@@H](c4ccccn4)NC(=S)N3CCC(=O)Nc3ccccc3C)cc21. The molecule has 2 aliphatic rings. The molecular weight excluding hydrogens is 526 g/mol. The average Bonchev–Trinajstić information content (AvgIpc) is 3.23. The molecule has 8 heteroatoms. The Balaban J connectivity index is 1.50. The quantitative estimate of drug-likeness (QED) is 0.329. The number of nitrogens with zero attached hydrogens (tertiary/aromatic N) is 3. The number of aryl methyl sites for hydroxylation is 1. The molecule has 3 heterocycles. The summed E-state index contributed by atoms with van der Waals surface area (Å²) in [7, 11) is 2.10. The van der Waals surface area contributed by atoms with Crippen LogP contribution in [0.3, 0.4) is 0 Å². The Bertz CT molecular complexity index is 1450. The maximum Gasteiger partial charge on any atom is 0.226 e. The molecule has 1 fully saturated rings. The molecule has 0 unspecified atom stereocenters. The van der Waals surface area contributed by atoms with Crippen molar-refractivity contribution in [1.29, 1.82) is 0 Å². The number of halogens is 1. The van der Waals surface area contributed by atoms with Crippen molar-refractivity contribution in [2.75, 3.05) is 23.8 Å². The maximum atomic E-state index is 13.0. The van der Waals surface area contributed by atoms with Crippen LogP contribution in [0.5, 0.6) is 0 Å². The van der Waals surface area contributed by atoms with Crippen molar-refractivity contribution in [1.82, 2.24) is 15.2 Å². The third-order valence-electron chi connectivity index (χ3n) is 7.85. The highest BCUT2D eigenvalue weighted by molar-refractivity contribution is 7.80. The fraction of sp³-hybridized carbons (Fsp3) is 0.323. The van der Waals surface area contributed by atoms with Crippen molar-refractivity contribution >= 4 is 51.8 Å². The van der Waals surface area contributed by atoms with Gasteiger partial charge in [0, 0.05) is 48.2 Å². The number of para-hydroxylation sites is 1. The van der Waals surface area contributed by atoms with Crippen molar-refractivity contribution in [2.24, 2.45) is 0 Å². The van der Waals surface area contributed by atoms with Crippen LogP contribution in [0.4, 0.5) is 11.4 Å². The molecule has 0 saturated carbocycles. The standard InChI is InChI=1S/C31H34ClN5OS/c1-19-10-6-7-11-24(19)34-27(38)13-15-37-29(28(35-30(37)39)25-12-8-9-14-33-25)22-16-21-20(2)18-31(3,4)36(5)26(21)17-23(22)32/h6-12,14,16-18,28-29H,13,15H2,1-5H3,(H,34,38)(H,35,39)/t28-,29-/m1/s1. The van der Waals surface area contributed by atoms with Gasteiger partial charge in [-0.05, 0) is 86.9 Å². The number of hydrogen-bond donors (Lipinski definition) is 2. The predicted octanol–water partition coefficient (Wildman–Crippen LogP) is 6.68. The molecule has 2 atom stereocenters. The van der Waals surface area contributed by atoms with E-state index in [2.05, 4.69) is 71.4 Å². The third kappa shape index (κ3) is 5.25. The number of fused-ring (bicyclic) bond motifs is 1. The molecule has 0 aliphatic carbocycles. The van der Waals surface area contributed by atoms with Gasteiger partial charge in [-0.1, -0.05) is 41.9 Å². The van der Waals surface area contributed by atoms with Gasteiger partial charge in [-0.2, -0.15) is 0 Å². The van der Waals surface area contributed by atoms with Crippen LogP contribution < -0.4 is 15.5 Å². The molecular formula is C31H34ClN5OS. The third-order valence-corrected chi connectivity index (χ3v) is 8.53. The number of likely N-dealkylation sites (N-methyl/N-ethyl adjacent to an activating group) is 1. The lowest BCUT2D eigenvalue weighted by Gasteiger charge is -2.41. The van der Waals surface area contributed by atoms with E-state index in [1.54, 1.807) is 6.20 Å². The summed E-state index contributed by atoms with van der Waals surface area (Å²) in [5, 5.41) is 7.75. The molecule has 0 radical (unpaired) electrons. The first-order valence-corrected chi connectivity index (χ1v) is 14.0. The molecule has 1 saturated heterocycles. The fourth-order valence-corrected chi connectivity index (χ4v) is 6.15. The summed E-state index contributed by atoms with van der Waals surface area (Å²) in [6, 6.07) is 17.4. The van der Waals surface area contributed by atoms with Gasteiger partial charge < -0.3 is 20.4 Å². The van der Waals surface area contributed by atoms with Gasteiger partial charge in [0.15, 0.2) is 5.11 Å². The van der Waals surface area contributed by atoms with Gasteiger partial charge in [0.1, 0.15) is 0 Å². The molecule has 2 aromatic carbocycles. The molecule has 0 spiro atoms. The number of anilines is 2. The second kappa shape index (κ2) is 10.6. The number of carbonyl (C=O) groups is 1. The van der Waals surface area contributed by atoms with Crippen LogP contribution in [0.1, 0.15) is 61.7 Å². The number of carbonyl (C=O) groups excluding carboxylic acids is 1. The largest absolute Gasteiger partial charge is 0.365 e. The Morgan fingerprint density at radius 3 is 2.62 bits per heavy atom. The van der Waals surface area contributed by atoms with Crippen molar-refractivity contribution in [3.8, 4) is 0 Å². The first-order chi connectivity index (χ1) is 18.6. The van der Waals surface area contributed by atoms with Crippen molar-refractivity contribution < 1.29 is 4.79 Å². The highest BCUT2D eigenvalue weighted by Gasteiger charge is 2.41. The summed E-state index contributed by atoms with van der Waals surface area (Å²) in [6.07, 6.45) is 4.35. The Morgan fingerprint density at radius 1 is 1.15 bits per heavy atom. The van der Waals surface area contributed by atoms with Crippen molar-refractivity contribution in [3.05, 3.63) is 94.3 Å². The molecule has 5 rings (SSSR count). The molecule has 1 amide bonds. The van der Waals surface area contributed by atoms with E-state index in [4.69, 9.17) is 23.8 Å². The molecule has 1 aromatic heterocycles. The molecule has 2 aliphatic heterocycles. The van der Waals surface area contributed by atoms with E-state index in [0.717, 1.165) is 33.8 Å². The molecule has 6 nitrogen and oxygen atoms in total. The Morgan fingerprint density at radius 2 is 1.90 bits per heavy atom. The molecule has 2 N–H and O–H groups in total. The van der Waals surface area contributed by atoms with Gasteiger partial charge in [-0.25, -0.2) is 0 Å². The highest BCUT2D eigenvalue weighted by Crippen LogP contribution is 2.46. The first-order valence-electron chi connectivity index (χ1n) is 13.2. The normalized spacial score (nSPS) is 19.8. The van der Waals surface area contributed by atoms with E-state index >= 15 is 0 Å². The average molecular weight is 560 g/mol. The van der Waals surface area contributed by atoms with E-state index in [1.807, 2.05) is 49.4 Å². The van der Waals surface area contributed by atoms with Crippen molar-refractivity contribution in [3.63, 3.8) is 0 Å². The van der Waals surface area contributed by atoms with Crippen LogP contribution in [0.15, 0.2) is 66.9 Å². The van der Waals surface area contributed by atoms with Gasteiger partial charge in [0.05, 0.1) is 23.3 Å². The van der Waals surface area contributed by atoms with Crippen LogP contribution >= 0.6 is 23.8 Å². The van der Waals surface area contributed by atoms with E-state index in [1.165, 1.54) is 5.57 Å². The van der Waals surface area contributed by atoms with Gasteiger partial charge >= 0.3 is 0 Å². The van der Waals surface area contributed by atoms with Crippen LogP contribution in [-0.4, -0.2) is 40.0 Å². The number of nitrogens with one attached hydrogen (secondary N) is 2. The van der Waals surface area contributed by atoms with Crippen LogP contribution in [-0.2, 0) is 4.79 Å². The monoisotopic (exact) mass is 559 g/mol. The summed E-state index contributed by atoms with van der Waals surface area (Å²) in [4.78, 5) is 21.9. The maximum absolute atomic E-state index is 13.0. The minimum atomic E-state index is -0.232. The molecule has 3 aromatic rings. The molecule has 0 bridgehead atoms. The van der Waals surface area contributed by atoms with Gasteiger partial charge in [0.2, 0.25) is 5.91 Å². The van der Waals surface area contributed by atoms with Crippen molar-refractivity contribution in [2.45, 2.75) is 51.7 Å². The summed E-state index contributed by atoms with van der Waals surface area (Å²) in [6.45, 7) is 8.96. The second-order valence-electron chi connectivity index (χ2n) is 10.9. The van der Waals surface area contributed by atoms with E-state index in [-0.39, 0.29) is 30.0 Å². The lowest BCUT2D eigenvalue weighted by molar-refractivity contribution is -0.116. The van der Waals surface area contributed by atoms with E-state index < -0.39 is 0 Å². The van der Waals surface area contributed by atoms with Gasteiger partial charge in [-0.15, -0.1) is 0 Å². The molecule has 39 heavy (non-hydrogen) atoms. The zero-order valence-corrected chi connectivity index (χ0v) is 24.5. The zero-order valence-electron chi connectivity index (χ0n) is 23.0. The number of allylic oxidation sites excluding steroid dienone is 1. The van der Waals surface area contributed by atoms with Gasteiger partial charge in [0.25, 0.3) is 0 Å². The molecule has 202 valence electrons. The number of hydrogen-bond acceptors (Lipinski definition) is 4. The van der Waals surface area contributed by atoms with Crippen LogP contribution in [0.25, 0.3) is 5.57 Å². The lowest BCUT2D eigenvalue weighted by atomic mass is 9.86. The fourth-order valence-electron chi connectivity index (χ4n) is 5.55. The number of rotatable bonds is 6. The van der Waals surface area contributed by atoms with Crippen LogP contribution in [0, 0.1) is 6.92 Å². The Hall–Kier alpha value is -3.42. The summed E-state index contributed by atoms with van der Waals surface area (Å²) in [5.41, 5.74) is 7.00. The number of pyridine rings is 1. The van der Waals surface area contributed by atoms with Crippen LogP contribution in [0.2, 0.25) is 5.02 Å². The summed E-state index contributed by atoms with van der Waals surface area (Å²) in [5.74, 6) is -0.0636. The first kappa shape index (κ1) is 27.2. The summed E-state index contributed by atoms with van der Waals surface area (Å²) < 4.78 is 0. The smallest absolute Gasteiger partial charge is 0.226 e. The van der Waals surface area contributed by atoms with Gasteiger partial charge in [-0.3, -0.25) is 9.78 Å². The number of amides is 1. The predicted molar refractivity (Wildman–Crippen MR) is 164 cm³/mol. The lowest BCUT2D eigenvalue weighted by Crippen LogP contribution is -2.42. The highest BCUT2D eigenvalue weighted by atomic mass is 35.5. The van der Waals surface area contributed by atoms with E-state index in [0.29, 0.717) is 16.7 Å². The Labute approximate surface area is 241 Å². The number of aromatic nitrogens is 1. The summed E-state index contributed by atoms with van der Waals surface area (Å²) >= 11 is 12.9. The topological polar surface area (TPSA) is 60.5 Å². The minimum Gasteiger partial charge on any atom is -0.365 e. The minimum absolute atomic E-state index is 0.0636. The van der Waals surface area contributed by atoms with E-state index in [9.17, 15) is 4.79 Å². The Kier molecular flexibility index (Phi) is 7.40. The number of benzene rings is 2. The number of thiocarbonyl (C=S) groups is 1.